The lowest BCUT2D eigenvalue weighted by Gasteiger charge is -2.24. The smallest absolute Gasteiger partial charge is 0.227 e. The number of nitrogens with zero attached hydrogens (tertiary/aromatic N) is 4. The second kappa shape index (κ2) is 11.1. The average Bonchev–Trinajstić information content (AvgIpc) is 3.60. The van der Waals surface area contributed by atoms with Gasteiger partial charge >= 0.3 is 0 Å². The fourth-order valence-corrected chi connectivity index (χ4v) is 6.14. The summed E-state index contributed by atoms with van der Waals surface area (Å²) in [6.07, 6.45) is 8.52. The molecule has 45 heavy (non-hydrogen) atoms. The number of imidazole rings is 1. The number of anilines is 1. The van der Waals surface area contributed by atoms with Crippen LogP contribution >= 0.6 is 0 Å². The first-order valence-corrected chi connectivity index (χ1v) is 16.4. The number of pyridine rings is 2. The molecule has 10 nitrogen and oxygen atoms in total. The maximum Gasteiger partial charge on any atom is 0.227 e. The zero-order valence-electron chi connectivity index (χ0n) is 24.1. The summed E-state index contributed by atoms with van der Waals surface area (Å²) in [5.74, 6) is -1.04. The predicted molar refractivity (Wildman–Crippen MR) is 167 cm³/mol. The Labute approximate surface area is 256 Å². The first kappa shape index (κ1) is 28.7. The summed E-state index contributed by atoms with van der Waals surface area (Å²) in [5, 5.41) is 10.2. The number of amides is 1. The lowest BCUT2D eigenvalue weighted by atomic mass is 9.85. The summed E-state index contributed by atoms with van der Waals surface area (Å²) in [6.45, 7) is 0. The van der Waals surface area contributed by atoms with Crippen LogP contribution in [0.3, 0.4) is 0 Å². The number of H-pyrrole nitrogens is 2. The number of carbonyl (C=O) groups is 1. The standard InChI is InChI=1S/C32H27F2N7O3S/c1-45(43,44)9-8-17-10-19(12-21(33)11-17)23-6-3-7-24-29(23)39-31(38-24)30-26-25(40-41-30)16-36-28(27(26)34)20-13-22(15-35-14-20)37-32(42)18-4-2-5-18/h3,6-7,10-16,18H,2,4-5,8-9H2,1H3,(H,37,42)(H,38,39)(H,40,41). The van der Waals surface area contributed by atoms with Crippen molar-refractivity contribution in [2.24, 2.45) is 5.92 Å². The van der Waals surface area contributed by atoms with E-state index in [4.69, 9.17) is 4.98 Å². The average molecular weight is 628 g/mol. The summed E-state index contributed by atoms with van der Waals surface area (Å²) in [5.41, 5.74) is 4.29. The van der Waals surface area contributed by atoms with Crippen LogP contribution in [0.2, 0.25) is 0 Å². The van der Waals surface area contributed by atoms with Gasteiger partial charge in [0.25, 0.3) is 0 Å². The molecular weight excluding hydrogens is 600 g/mol. The van der Waals surface area contributed by atoms with Crippen LogP contribution in [0.5, 0.6) is 0 Å². The quantitative estimate of drug-likeness (QED) is 0.192. The molecule has 228 valence electrons. The SMILES string of the molecule is CS(=O)(=O)CCc1cc(F)cc(-c2cccc3[nH]c(-c4n[nH]c5cnc(-c6cncc(NC(=O)C7CCC7)c6)c(F)c45)nc23)c1. The van der Waals surface area contributed by atoms with Crippen molar-refractivity contribution in [2.45, 2.75) is 25.7 Å². The largest absolute Gasteiger partial charge is 0.337 e. The van der Waals surface area contributed by atoms with Gasteiger partial charge in [-0.05, 0) is 54.7 Å². The number of halogens is 2. The Hall–Kier alpha value is -5.04. The van der Waals surface area contributed by atoms with Crippen LogP contribution in [-0.2, 0) is 21.1 Å². The molecule has 0 saturated heterocycles. The number of aryl methyl sites for hydroxylation is 1. The highest BCUT2D eigenvalue weighted by molar-refractivity contribution is 7.90. The molecule has 0 spiro atoms. The minimum atomic E-state index is -3.23. The minimum absolute atomic E-state index is 0.0134. The molecule has 1 saturated carbocycles. The number of hydrogen-bond donors (Lipinski definition) is 3. The summed E-state index contributed by atoms with van der Waals surface area (Å²) in [4.78, 5) is 28.9. The normalized spacial score (nSPS) is 13.8. The van der Waals surface area contributed by atoms with Gasteiger partial charge in [0.2, 0.25) is 5.91 Å². The van der Waals surface area contributed by atoms with E-state index < -0.39 is 21.5 Å². The molecule has 0 unspecified atom stereocenters. The molecule has 0 radical (unpaired) electrons. The van der Waals surface area contributed by atoms with Crippen LogP contribution in [0.4, 0.5) is 14.5 Å². The van der Waals surface area contributed by atoms with Gasteiger partial charge < -0.3 is 10.3 Å². The van der Waals surface area contributed by atoms with Gasteiger partial charge in [-0.1, -0.05) is 24.6 Å². The van der Waals surface area contributed by atoms with Gasteiger partial charge in [-0.15, -0.1) is 0 Å². The van der Waals surface area contributed by atoms with Gasteiger partial charge in [-0.3, -0.25) is 19.9 Å². The van der Waals surface area contributed by atoms with Gasteiger partial charge in [0.15, 0.2) is 11.6 Å². The molecule has 0 aliphatic heterocycles. The number of fused-ring (bicyclic) bond motifs is 2. The van der Waals surface area contributed by atoms with E-state index in [2.05, 4.69) is 30.5 Å². The van der Waals surface area contributed by atoms with Gasteiger partial charge in [-0.2, -0.15) is 5.10 Å². The van der Waals surface area contributed by atoms with Crippen LogP contribution in [0, 0.1) is 17.6 Å². The van der Waals surface area contributed by atoms with Gasteiger partial charge in [0, 0.05) is 29.5 Å². The van der Waals surface area contributed by atoms with Crippen molar-refractivity contribution >= 4 is 43.4 Å². The number of para-hydroxylation sites is 1. The van der Waals surface area contributed by atoms with Crippen molar-refractivity contribution in [1.82, 2.24) is 30.1 Å². The molecule has 1 amide bonds. The van der Waals surface area contributed by atoms with Gasteiger partial charge in [0.05, 0.1) is 45.8 Å². The van der Waals surface area contributed by atoms with Crippen LogP contribution in [0.25, 0.3) is 55.8 Å². The van der Waals surface area contributed by atoms with E-state index in [9.17, 15) is 17.6 Å². The molecule has 1 aliphatic rings. The van der Waals surface area contributed by atoms with E-state index in [0.717, 1.165) is 25.5 Å². The Morgan fingerprint density at radius 2 is 1.87 bits per heavy atom. The maximum atomic E-state index is 16.2. The number of rotatable bonds is 8. The van der Waals surface area contributed by atoms with Crippen LogP contribution in [-0.4, -0.2) is 56.5 Å². The molecule has 1 aliphatic carbocycles. The first-order chi connectivity index (χ1) is 21.6. The maximum absolute atomic E-state index is 16.2. The summed E-state index contributed by atoms with van der Waals surface area (Å²) < 4.78 is 54.2. The Morgan fingerprint density at radius 3 is 2.64 bits per heavy atom. The first-order valence-electron chi connectivity index (χ1n) is 14.4. The van der Waals surface area contributed by atoms with Crippen molar-refractivity contribution in [3.05, 3.63) is 78.3 Å². The number of aromatic nitrogens is 6. The minimum Gasteiger partial charge on any atom is -0.337 e. The van der Waals surface area contributed by atoms with Crippen LogP contribution in [0.15, 0.2) is 61.1 Å². The van der Waals surface area contributed by atoms with E-state index >= 15 is 4.39 Å². The van der Waals surface area contributed by atoms with E-state index in [-0.39, 0.29) is 46.6 Å². The third-order valence-corrected chi connectivity index (χ3v) is 9.01. The predicted octanol–water partition coefficient (Wildman–Crippen LogP) is 5.83. The number of hydrogen-bond acceptors (Lipinski definition) is 7. The molecule has 1 fully saturated rings. The van der Waals surface area contributed by atoms with Crippen molar-refractivity contribution in [3.63, 3.8) is 0 Å². The van der Waals surface area contributed by atoms with Crippen LogP contribution < -0.4 is 5.32 Å². The zero-order chi connectivity index (χ0) is 31.3. The topological polar surface area (TPSA) is 146 Å². The highest BCUT2D eigenvalue weighted by Gasteiger charge is 2.26. The van der Waals surface area contributed by atoms with E-state index in [1.807, 2.05) is 0 Å². The number of benzene rings is 2. The zero-order valence-corrected chi connectivity index (χ0v) is 24.9. The molecule has 3 N–H and O–H groups in total. The third kappa shape index (κ3) is 5.66. The third-order valence-electron chi connectivity index (χ3n) is 8.07. The van der Waals surface area contributed by atoms with Gasteiger partial charge in [0.1, 0.15) is 27.0 Å². The second-order valence-electron chi connectivity index (χ2n) is 11.4. The highest BCUT2D eigenvalue weighted by Crippen LogP contribution is 2.35. The summed E-state index contributed by atoms with van der Waals surface area (Å²) >= 11 is 0. The molecule has 0 bridgehead atoms. The van der Waals surface area contributed by atoms with Crippen molar-refractivity contribution < 1.29 is 22.0 Å². The molecule has 0 atom stereocenters. The fourth-order valence-electron chi connectivity index (χ4n) is 5.53. The Morgan fingerprint density at radius 1 is 1.02 bits per heavy atom. The monoisotopic (exact) mass is 627 g/mol. The lowest BCUT2D eigenvalue weighted by Crippen LogP contribution is -2.28. The Balaban J connectivity index is 1.26. The summed E-state index contributed by atoms with van der Waals surface area (Å²) in [7, 11) is -3.23. The van der Waals surface area contributed by atoms with E-state index in [1.165, 1.54) is 30.7 Å². The number of nitrogens with one attached hydrogen (secondary N) is 3. The molecular formula is C32H27F2N7O3S. The molecule has 4 heterocycles. The molecule has 6 aromatic rings. The van der Waals surface area contributed by atoms with Crippen LogP contribution in [0.1, 0.15) is 24.8 Å². The lowest BCUT2D eigenvalue weighted by molar-refractivity contribution is -0.122. The number of carbonyl (C=O) groups excluding carboxylic acids is 1. The van der Waals surface area contributed by atoms with Crippen molar-refractivity contribution in [2.75, 3.05) is 17.3 Å². The number of aromatic amines is 2. The molecule has 4 aromatic heterocycles. The number of sulfone groups is 1. The van der Waals surface area contributed by atoms with Crippen molar-refractivity contribution in [1.29, 1.82) is 0 Å². The Kier molecular flexibility index (Phi) is 7.11. The van der Waals surface area contributed by atoms with Gasteiger partial charge in [-0.25, -0.2) is 22.2 Å². The molecule has 13 heteroatoms. The Bertz CT molecular complexity index is 2230. The second-order valence-corrected chi connectivity index (χ2v) is 13.6. The summed E-state index contributed by atoms with van der Waals surface area (Å²) in [6, 6.07) is 11.4. The van der Waals surface area contributed by atoms with E-state index in [1.54, 1.807) is 30.3 Å². The van der Waals surface area contributed by atoms with Crippen molar-refractivity contribution in [3.8, 4) is 33.9 Å². The molecule has 7 rings (SSSR count). The molecule has 2 aromatic carbocycles. The highest BCUT2D eigenvalue weighted by atomic mass is 32.2. The van der Waals surface area contributed by atoms with E-state index in [0.29, 0.717) is 44.5 Å². The fraction of sp³-hybridized carbons (Fsp3) is 0.219.